The Morgan fingerprint density at radius 2 is 1.30 bits per heavy atom. The fourth-order valence-electron chi connectivity index (χ4n) is 7.72. The number of halogens is 1. The number of nitrogens with zero attached hydrogens (tertiary/aromatic N) is 2. The number of hydrogen-bond donors (Lipinski definition) is 4. The van der Waals surface area contributed by atoms with E-state index in [1.165, 1.54) is 24.3 Å². The molecule has 20 heteroatoms. The SMILES string of the molecule is CC1(C)/C(=C\C=C2/CCCC(/C=C/C3N(CCCS(=O)(=O)O)c4ccc(S(=O)(=O)O)cc4C3(C)C)=C2Cl)N(CCCS(=O)(=O)O)c2ccc(S(=O)(=O)O)cc21.[H-].[K+]. The van der Waals surface area contributed by atoms with Crippen LogP contribution in [0.1, 0.15) is 72.4 Å². The predicted octanol–water partition coefficient (Wildman–Crippen LogP) is 3.16. The van der Waals surface area contributed by atoms with Crippen LogP contribution in [0.15, 0.2) is 92.4 Å². The van der Waals surface area contributed by atoms with Gasteiger partial charge in [0.15, 0.2) is 0 Å². The molecule has 0 fully saturated rings. The summed E-state index contributed by atoms with van der Waals surface area (Å²) in [6, 6.07) is 8.07. The molecule has 2 aliphatic heterocycles. The van der Waals surface area contributed by atoms with Crippen molar-refractivity contribution >= 4 is 63.4 Å². The van der Waals surface area contributed by atoms with Gasteiger partial charge in [-0.2, -0.15) is 33.7 Å². The topological polar surface area (TPSA) is 224 Å². The maximum absolute atomic E-state index is 12.0. The summed E-state index contributed by atoms with van der Waals surface area (Å²) in [6.07, 6.45) is 9.72. The van der Waals surface area contributed by atoms with Gasteiger partial charge in [-0.15, -0.1) is 0 Å². The van der Waals surface area contributed by atoms with Crippen LogP contribution < -0.4 is 61.2 Å². The van der Waals surface area contributed by atoms with Crippen molar-refractivity contribution < 1.29 is 105 Å². The quantitative estimate of drug-likeness (QED) is 0.168. The molecule has 2 aromatic rings. The third-order valence-electron chi connectivity index (χ3n) is 10.5. The van der Waals surface area contributed by atoms with Crippen LogP contribution in [0.5, 0.6) is 0 Å². The molecule has 0 aromatic heterocycles. The summed E-state index contributed by atoms with van der Waals surface area (Å²) in [5.74, 6) is -0.954. The molecule has 1 unspecified atom stereocenters. The molecular weight excluding hydrogens is 855 g/mol. The van der Waals surface area contributed by atoms with E-state index in [0.717, 1.165) is 17.6 Å². The van der Waals surface area contributed by atoms with Crippen LogP contribution in [0, 0.1) is 0 Å². The molecule has 0 saturated heterocycles. The van der Waals surface area contributed by atoms with Crippen LogP contribution >= 0.6 is 11.6 Å². The third kappa shape index (κ3) is 10.6. The van der Waals surface area contributed by atoms with E-state index in [-0.39, 0.29) is 88.5 Å². The van der Waals surface area contributed by atoms with Crippen LogP contribution in [0.25, 0.3) is 0 Å². The minimum atomic E-state index is -4.51. The third-order valence-corrected chi connectivity index (χ3v) is 14.3. The van der Waals surface area contributed by atoms with Gasteiger partial charge in [-0.05, 0) is 96.9 Å². The molecule has 1 atom stereocenters. The van der Waals surface area contributed by atoms with Gasteiger partial charge in [0.25, 0.3) is 40.5 Å². The van der Waals surface area contributed by atoms with Crippen molar-refractivity contribution in [1.82, 2.24) is 0 Å². The van der Waals surface area contributed by atoms with Crippen LogP contribution in [0.4, 0.5) is 11.4 Å². The van der Waals surface area contributed by atoms with Gasteiger partial charge in [0.1, 0.15) is 0 Å². The number of hydrogen-bond acceptors (Lipinski definition) is 10. The van der Waals surface area contributed by atoms with Crippen molar-refractivity contribution in [3.05, 3.63) is 93.7 Å². The molecule has 0 spiro atoms. The van der Waals surface area contributed by atoms with E-state index in [1.54, 1.807) is 12.1 Å². The summed E-state index contributed by atoms with van der Waals surface area (Å²) >= 11 is 7.05. The van der Waals surface area contributed by atoms with E-state index >= 15 is 0 Å². The van der Waals surface area contributed by atoms with Crippen LogP contribution in [-0.4, -0.2) is 82.5 Å². The number of fused-ring (bicyclic) bond motifs is 2. The molecule has 0 bridgehead atoms. The van der Waals surface area contributed by atoms with E-state index in [0.29, 0.717) is 46.1 Å². The summed E-state index contributed by atoms with van der Waals surface area (Å²) in [7, 11) is -17.5. The Hall–Kier alpha value is -1.43. The molecule has 3 aliphatic rings. The molecule has 14 nitrogen and oxygen atoms in total. The molecule has 4 N–H and O–H groups in total. The minimum absolute atomic E-state index is 0. The summed E-state index contributed by atoms with van der Waals surface area (Å²) in [6.45, 7) is 7.97. The first-order chi connectivity index (χ1) is 25.2. The standard InChI is InChI=1S/C36H45ClN2O12S4.K.H/c1-35(2)28-22-26(54(46,47)48)12-14-30(28)38(18-6-20-52(40,41)42)32(35)16-10-24-8-5-9-25(34(24)37)11-17-33-36(3,4)29-23-27(55(49,50)51)13-15-31(29)39(33)19-7-21-53(43,44)45;;/h10-17,22-23,32H,5-9,18-21H2,1-4H3,(H,40,41,42)(H,43,44,45)(H,46,47,48)(H,49,50,51);;/q;+1;-1/b16-10+,25-11+,33-17+;;. The fraction of sp³-hybridized carbons (Fsp3) is 0.444. The van der Waals surface area contributed by atoms with Crippen LogP contribution in [-0.2, 0) is 51.3 Å². The Kier molecular flexibility index (Phi) is 14.6. The summed E-state index contributed by atoms with van der Waals surface area (Å²) in [4.78, 5) is 3.24. The van der Waals surface area contributed by atoms with Crippen molar-refractivity contribution in [3.63, 3.8) is 0 Å². The Balaban J connectivity index is 0.00000435. The second-order valence-electron chi connectivity index (χ2n) is 15.0. The number of anilines is 2. The molecule has 0 radical (unpaired) electrons. The first-order valence-corrected chi connectivity index (χ1v) is 23.9. The van der Waals surface area contributed by atoms with Crippen molar-refractivity contribution in [2.45, 2.75) is 86.5 Å². The molecule has 2 aromatic carbocycles. The Morgan fingerprint density at radius 3 is 1.86 bits per heavy atom. The molecule has 0 amide bonds. The van der Waals surface area contributed by atoms with E-state index in [9.17, 15) is 51.9 Å². The molecule has 1 aliphatic carbocycles. The van der Waals surface area contributed by atoms with E-state index < -0.39 is 68.9 Å². The summed E-state index contributed by atoms with van der Waals surface area (Å²) < 4.78 is 132. The Labute approximate surface area is 378 Å². The zero-order valence-electron chi connectivity index (χ0n) is 32.7. The average Bonchev–Trinajstić information content (AvgIpc) is 3.39. The Bertz CT molecular complexity index is 2470. The van der Waals surface area contributed by atoms with Crippen molar-refractivity contribution in [2.24, 2.45) is 0 Å². The second-order valence-corrected chi connectivity index (χ2v) is 21.4. The number of benzene rings is 2. The van der Waals surface area contributed by atoms with Crippen LogP contribution in [0.3, 0.4) is 0 Å². The maximum atomic E-state index is 12.0. The van der Waals surface area contributed by atoms with Gasteiger partial charge < -0.3 is 11.2 Å². The molecule has 56 heavy (non-hydrogen) atoms. The van der Waals surface area contributed by atoms with Gasteiger partial charge in [0.05, 0.1) is 27.3 Å². The smallest absolute Gasteiger partial charge is 1.00 e. The molecule has 5 rings (SSSR count). The second kappa shape index (κ2) is 17.3. The predicted molar refractivity (Wildman–Crippen MR) is 212 cm³/mol. The number of rotatable bonds is 13. The Morgan fingerprint density at radius 1 is 0.768 bits per heavy atom. The molecule has 2 heterocycles. The number of allylic oxidation sites excluding steroid dienone is 7. The normalized spacial score (nSPS) is 21.2. The first-order valence-electron chi connectivity index (χ1n) is 17.4. The van der Waals surface area contributed by atoms with Gasteiger partial charge in [-0.3, -0.25) is 18.2 Å². The minimum Gasteiger partial charge on any atom is -1.00 e. The van der Waals surface area contributed by atoms with Gasteiger partial charge in [0, 0.05) is 46.0 Å². The van der Waals surface area contributed by atoms with Crippen molar-refractivity contribution in [1.29, 1.82) is 0 Å². The van der Waals surface area contributed by atoms with E-state index in [2.05, 4.69) is 0 Å². The fourth-order valence-corrected chi connectivity index (χ4v) is 10.0. The zero-order chi connectivity index (χ0) is 40.9. The van der Waals surface area contributed by atoms with Gasteiger partial charge in [-0.25, -0.2) is 0 Å². The van der Waals surface area contributed by atoms with Crippen molar-refractivity contribution in [3.8, 4) is 0 Å². The first kappa shape index (κ1) is 47.2. The van der Waals surface area contributed by atoms with Crippen molar-refractivity contribution in [2.75, 3.05) is 34.4 Å². The summed E-state index contributed by atoms with van der Waals surface area (Å²) in [5.41, 5.74) is 3.32. The zero-order valence-corrected chi connectivity index (χ0v) is 38.8. The molecule has 304 valence electrons. The largest absolute Gasteiger partial charge is 1.00 e. The monoisotopic (exact) mass is 900 g/mol. The average molecular weight is 902 g/mol. The van der Waals surface area contributed by atoms with E-state index in [1.807, 2.05) is 61.8 Å². The van der Waals surface area contributed by atoms with Gasteiger partial charge in [-0.1, -0.05) is 57.5 Å². The maximum Gasteiger partial charge on any atom is 1.00 e. The van der Waals surface area contributed by atoms with E-state index in [4.69, 9.17) is 11.6 Å². The molecule has 0 saturated carbocycles. The van der Waals surface area contributed by atoms with Gasteiger partial charge in [0.2, 0.25) is 0 Å². The van der Waals surface area contributed by atoms with Crippen LogP contribution in [0.2, 0.25) is 0 Å². The summed E-state index contributed by atoms with van der Waals surface area (Å²) in [5, 5.41) is 0.499. The van der Waals surface area contributed by atoms with Gasteiger partial charge >= 0.3 is 51.4 Å². The molecular formula is C36H46ClKN2O12S4.